The summed E-state index contributed by atoms with van der Waals surface area (Å²) in [5.41, 5.74) is 7.17. The highest BCUT2D eigenvalue weighted by Crippen LogP contribution is 2.38. The minimum Gasteiger partial charge on any atom is -0.387 e. The summed E-state index contributed by atoms with van der Waals surface area (Å²) in [4.78, 5) is 30.3. The Balaban J connectivity index is 1.64. The van der Waals surface area contributed by atoms with Gasteiger partial charge in [0.15, 0.2) is 17.7 Å². The average Bonchev–Trinajstić information content (AvgIpc) is 3.27. The van der Waals surface area contributed by atoms with Gasteiger partial charge >= 0.3 is 7.82 Å². The fourth-order valence-electron chi connectivity index (χ4n) is 3.10. The van der Waals surface area contributed by atoms with Gasteiger partial charge in [-0.25, -0.2) is 19.5 Å². The number of aliphatic hydroxyl groups excluding tert-OH is 2. The van der Waals surface area contributed by atoms with E-state index in [4.69, 9.17) is 20.3 Å². The van der Waals surface area contributed by atoms with Gasteiger partial charge in [0.25, 0.3) is 0 Å². The fraction of sp³-hybridized carbons (Fsp3) is 0.278. The molecular weight excluding hydrogens is 429 g/mol. The molecule has 1 aliphatic heterocycles. The largest absolute Gasteiger partial charge is 0.469 e. The Hall–Kier alpha value is -2.88. The molecule has 13 heteroatoms. The molecule has 0 radical (unpaired) electrons. The van der Waals surface area contributed by atoms with Gasteiger partial charge in [-0.2, -0.15) is 0 Å². The van der Waals surface area contributed by atoms with Crippen molar-refractivity contribution in [1.82, 2.24) is 19.5 Å². The van der Waals surface area contributed by atoms with Crippen LogP contribution < -0.4 is 5.73 Å². The third kappa shape index (κ3) is 4.58. The molecule has 6 N–H and O–H groups in total. The van der Waals surface area contributed by atoms with Crippen LogP contribution in [0.3, 0.4) is 0 Å². The van der Waals surface area contributed by atoms with E-state index in [1.165, 1.54) is 10.9 Å². The molecule has 1 aromatic carbocycles. The van der Waals surface area contributed by atoms with E-state index in [2.05, 4.69) is 31.3 Å². The molecule has 12 nitrogen and oxygen atoms in total. The summed E-state index contributed by atoms with van der Waals surface area (Å²) in [6, 6.07) is 9.19. The summed E-state index contributed by atoms with van der Waals surface area (Å²) in [6.07, 6.45) is -3.96. The molecule has 1 unspecified atom stereocenters. The second-order valence-electron chi connectivity index (χ2n) is 6.71. The van der Waals surface area contributed by atoms with Crippen LogP contribution in [0.5, 0.6) is 0 Å². The molecule has 162 valence electrons. The molecular formula is C18H18N5O7P. The lowest BCUT2D eigenvalue weighted by Crippen LogP contribution is -2.33. The molecule has 0 aliphatic carbocycles. The quantitative estimate of drug-likeness (QED) is 0.257. The SMILES string of the molecule is Nc1nc(C#Cc2ccccc2)nc2c1ncn2C1O[C@H](COP(=O)(O)O)[C@@H](O)[C@H]1O. The van der Waals surface area contributed by atoms with Gasteiger partial charge in [-0.15, -0.1) is 0 Å². The Labute approximate surface area is 175 Å². The van der Waals surface area contributed by atoms with Gasteiger partial charge in [-0.05, 0) is 18.1 Å². The molecule has 4 atom stereocenters. The van der Waals surface area contributed by atoms with E-state index in [9.17, 15) is 14.8 Å². The lowest BCUT2D eigenvalue weighted by molar-refractivity contribution is -0.0504. The van der Waals surface area contributed by atoms with Gasteiger partial charge in [-0.1, -0.05) is 24.1 Å². The minimum absolute atomic E-state index is 0.0653. The molecule has 0 saturated carbocycles. The van der Waals surface area contributed by atoms with Crippen LogP contribution in [-0.2, 0) is 13.8 Å². The summed E-state index contributed by atoms with van der Waals surface area (Å²) >= 11 is 0. The van der Waals surface area contributed by atoms with Crippen LogP contribution in [0.25, 0.3) is 11.2 Å². The Morgan fingerprint density at radius 1 is 1.16 bits per heavy atom. The maximum absolute atomic E-state index is 10.9. The van der Waals surface area contributed by atoms with Crippen molar-refractivity contribution in [3.05, 3.63) is 48.0 Å². The van der Waals surface area contributed by atoms with Crippen molar-refractivity contribution in [1.29, 1.82) is 0 Å². The van der Waals surface area contributed by atoms with Crippen LogP contribution in [0, 0.1) is 11.8 Å². The van der Waals surface area contributed by atoms with E-state index in [1.807, 2.05) is 30.3 Å². The molecule has 3 heterocycles. The molecule has 1 aliphatic rings. The van der Waals surface area contributed by atoms with Crippen LogP contribution in [0.1, 0.15) is 17.6 Å². The van der Waals surface area contributed by atoms with E-state index in [0.29, 0.717) is 0 Å². The Kier molecular flexibility index (Phi) is 5.74. The van der Waals surface area contributed by atoms with Gasteiger partial charge in [0.2, 0.25) is 5.82 Å². The summed E-state index contributed by atoms with van der Waals surface area (Å²) in [7, 11) is -4.77. The predicted octanol–water partition coefficient (Wildman–Crippen LogP) is -0.463. The normalized spacial score (nSPS) is 23.6. The molecule has 0 bridgehead atoms. The first-order chi connectivity index (χ1) is 14.7. The molecule has 2 aromatic heterocycles. The number of nitrogens with two attached hydrogens (primary N) is 1. The number of hydrogen-bond donors (Lipinski definition) is 5. The zero-order chi connectivity index (χ0) is 22.2. The summed E-state index contributed by atoms with van der Waals surface area (Å²) in [5.74, 6) is 5.91. The number of imidazole rings is 1. The van der Waals surface area contributed by atoms with Crippen molar-refractivity contribution < 1.29 is 33.8 Å². The third-order valence-electron chi connectivity index (χ3n) is 4.56. The number of rotatable bonds is 4. The van der Waals surface area contributed by atoms with Crippen molar-refractivity contribution in [2.75, 3.05) is 12.3 Å². The molecule has 0 spiro atoms. The first kappa shape index (κ1) is 21.4. The highest BCUT2D eigenvalue weighted by molar-refractivity contribution is 7.46. The van der Waals surface area contributed by atoms with Crippen LogP contribution in [0.15, 0.2) is 36.7 Å². The maximum atomic E-state index is 10.9. The minimum atomic E-state index is -4.77. The van der Waals surface area contributed by atoms with Crippen LogP contribution >= 0.6 is 7.82 Å². The highest BCUT2D eigenvalue weighted by Gasteiger charge is 2.45. The highest BCUT2D eigenvalue weighted by atomic mass is 31.2. The molecule has 0 amide bonds. The predicted molar refractivity (Wildman–Crippen MR) is 106 cm³/mol. The monoisotopic (exact) mass is 447 g/mol. The van der Waals surface area contributed by atoms with Crippen LogP contribution in [0.2, 0.25) is 0 Å². The second kappa shape index (κ2) is 8.33. The summed E-state index contributed by atoms with van der Waals surface area (Å²) < 4.78 is 22.2. The maximum Gasteiger partial charge on any atom is 0.469 e. The molecule has 31 heavy (non-hydrogen) atoms. The first-order valence-electron chi connectivity index (χ1n) is 9.02. The van der Waals surface area contributed by atoms with Crippen molar-refractivity contribution in [3.63, 3.8) is 0 Å². The van der Waals surface area contributed by atoms with Crippen molar-refractivity contribution in [2.45, 2.75) is 24.5 Å². The number of phosphoric acid groups is 1. The second-order valence-corrected chi connectivity index (χ2v) is 7.94. The Morgan fingerprint density at radius 3 is 2.61 bits per heavy atom. The fourth-order valence-corrected chi connectivity index (χ4v) is 3.44. The number of fused-ring (bicyclic) bond motifs is 1. The lowest BCUT2D eigenvalue weighted by atomic mass is 10.1. The number of anilines is 1. The smallest absolute Gasteiger partial charge is 0.387 e. The van der Waals surface area contributed by atoms with E-state index in [-0.39, 0.29) is 22.8 Å². The van der Waals surface area contributed by atoms with Crippen molar-refractivity contribution >= 4 is 24.8 Å². The van der Waals surface area contributed by atoms with Gasteiger partial charge < -0.3 is 30.5 Å². The third-order valence-corrected chi connectivity index (χ3v) is 5.04. The number of phosphoric ester groups is 1. The molecule has 3 aromatic rings. The van der Waals surface area contributed by atoms with Gasteiger partial charge in [-0.3, -0.25) is 9.09 Å². The van der Waals surface area contributed by atoms with E-state index < -0.39 is 39.0 Å². The van der Waals surface area contributed by atoms with E-state index in [0.717, 1.165) is 5.56 Å². The standard InChI is InChI=1S/C18H18N5O7P/c19-16-13-17(22-12(21-16)7-6-10-4-2-1-3-5-10)23(9-20-13)18-15(25)14(24)11(30-18)8-29-31(26,27)28/h1-5,9,11,14-15,18,24-25H,8H2,(H2,19,21,22)(H2,26,27,28)/t11-,14-,15-,18?/m1/s1. The number of nitrogen functional groups attached to an aromatic ring is 1. The summed E-state index contributed by atoms with van der Waals surface area (Å²) in [5, 5.41) is 20.6. The number of benzene rings is 1. The van der Waals surface area contributed by atoms with Crippen molar-refractivity contribution in [3.8, 4) is 11.8 Å². The Bertz CT molecular complexity index is 1200. The van der Waals surface area contributed by atoms with E-state index >= 15 is 0 Å². The lowest BCUT2D eigenvalue weighted by Gasteiger charge is -2.16. The molecule has 1 fully saturated rings. The molecule has 1 saturated heterocycles. The number of ether oxygens (including phenoxy) is 1. The first-order valence-corrected chi connectivity index (χ1v) is 10.5. The van der Waals surface area contributed by atoms with Crippen molar-refractivity contribution in [2.24, 2.45) is 0 Å². The number of aromatic nitrogens is 4. The average molecular weight is 447 g/mol. The van der Waals surface area contributed by atoms with Crippen LogP contribution in [0.4, 0.5) is 5.82 Å². The van der Waals surface area contributed by atoms with Gasteiger partial charge in [0, 0.05) is 5.56 Å². The number of hydrogen-bond acceptors (Lipinski definition) is 9. The summed E-state index contributed by atoms with van der Waals surface area (Å²) in [6.45, 7) is -0.628. The van der Waals surface area contributed by atoms with Gasteiger partial charge in [0.05, 0.1) is 12.9 Å². The number of nitrogens with zero attached hydrogens (tertiary/aromatic N) is 4. The molecule has 4 rings (SSSR count). The zero-order valence-electron chi connectivity index (χ0n) is 15.8. The topological polar surface area (TPSA) is 186 Å². The Morgan fingerprint density at radius 2 is 1.90 bits per heavy atom. The number of aliphatic hydroxyl groups is 2. The van der Waals surface area contributed by atoms with Crippen LogP contribution in [-0.4, -0.2) is 64.4 Å². The van der Waals surface area contributed by atoms with Gasteiger partial charge in [0.1, 0.15) is 23.8 Å². The zero-order valence-corrected chi connectivity index (χ0v) is 16.7. The van der Waals surface area contributed by atoms with E-state index in [1.54, 1.807) is 0 Å².